The SMILES string of the molecule is O=C1CCC(N2Cc3cc(O[C@H]4CCCCC[C@@H]4N4CCOCC4)ccc3C2=O)C(=O)N1. The molecule has 5 rings (SSSR count). The first-order chi connectivity index (χ1) is 15.6. The van der Waals surface area contributed by atoms with E-state index in [2.05, 4.69) is 10.2 Å². The number of carbonyl (C=O) groups is 3. The summed E-state index contributed by atoms with van der Waals surface area (Å²) in [6.45, 7) is 3.82. The van der Waals surface area contributed by atoms with E-state index < -0.39 is 6.04 Å². The summed E-state index contributed by atoms with van der Waals surface area (Å²) in [7, 11) is 0. The Labute approximate surface area is 188 Å². The van der Waals surface area contributed by atoms with Crippen LogP contribution in [-0.2, 0) is 20.9 Å². The summed E-state index contributed by atoms with van der Waals surface area (Å²) in [5.74, 6) is -0.0245. The molecule has 172 valence electrons. The lowest BCUT2D eigenvalue weighted by Gasteiger charge is -2.38. The van der Waals surface area contributed by atoms with Gasteiger partial charge < -0.3 is 14.4 Å². The van der Waals surface area contributed by atoms with E-state index in [1.165, 1.54) is 12.8 Å². The molecular formula is C24H31N3O5. The van der Waals surface area contributed by atoms with Gasteiger partial charge >= 0.3 is 0 Å². The highest BCUT2D eigenvalue weighted by Crippen LogP contribution is 2.32. The van der Waals surface area contributed by atoms with Crippen LogP contribution in [0.3, 0.4) is 0 Å². The number of carbonyl (C=O) groups excluding carboxylic acids is 3. The summed E-state index contributed by atoms with van der Waals surface area (Å²) >= 11 is 0. The number of nitrogens with one attached hydrogen (secondary N) is 1. The van der Waals surface area contributed by atoms with Crippen molar-refractivity contribution >= 4 is 17.7 Å². The van der Waals surface area contributed by atoms with Gasteiger partial charge in [0.1, 0.15) is 17.9 Å². The Morgan fingerprint density at radius 2 is 1.81 bits per heavy atom. The molecule has 0 aromatic heterocycles. The molecule has 8 nitrogen and oxygen atoms in total. The molecule has 1 N–H and O–H groups in total. The molecule has 3 heterocycles. The van der Waals surface area contributed by atoms with Crippen LogP contribution in [-0.4, -0.2) is 72.0 Å². The number of imide groups is 1. The summed E-state index contributed by atoms with van der Waals surface area (Å²) in [6.07, 6.45) is 6.54. The monoisotopic (exact) mass is 441 g/mol. The van der Waals surface area contributed by atoms with E-state index in [1.54, 1.807) is 4.90 Å². The third-order valence-corrected chi connectivity index (χ3v) is 7.21. The minimum absolute atomic E-state index is 0.122. The minimum atomic E-state index is -0.593. The zero-order valence-corrected chi connectivity index (χ0v) is 18.4. The van der Waals surface area contributed by atoms with Crippen LogP contribution in [0.2, 0.25) is 0 Å². The first-order valence-electron chi connectivity index (χ1n) is 11.9. The van der Waals surface area contributed by atoms with Crippen LogP contribution < -0.4 is 10.1 Å². The highest BCUT2D eigenvalue weighted by molar-refractivity contribution is 6.05. The molecule has 2 saturated heterocycles. The van der Waals surface area contributed by atoms with Gasteiger partial charge in [-0.3, -0.25) is 24.6 Å². The Morgan fingerprint density at radius 3 is 2.62 bits per heavy atom. The molecule has 0 bridgehead atoms. The van der Waals surface area contributed by atoms with Crippen LogP contribution in [0.25, 0.3) is 0 Å². The molecule has 3 atom stereocenters. The van der Waals surface area contributed by atoms with Gasteiger partial charge in [-0.05, 0) is 49.4 Å². The molecule has 0 radical (unpaired) electrons. The minimum Gasteiger partial charge on any atom is -0.489 e. The van der Waals surface area contributed by atoms with Crippen LogP contribution in [0.4, 0.5) is 0 Å². The molecular weight excluding hydrogens is 410 g/mol. The van der Waals surface area contributed by atoms with Gasteiger partial charge in [0.2, 0.25) is 11.8 Å². The Hall–Kier alpha value is -2.45. The van der Waals surface area contributed by atoms with E-state index in [9.17, 15) is 14.4 Å². The van der Waals surface area contributed by atoms with Crippen LogP contribution in [0.1, 0.15) is 60.9 Å². The average molecular weight is 442 g/mol. The van der Waals surface area contributed by atoms with Crippen molar-refractivity contribution in [2.45, 2.75) is 69.7 Å². The number of hydrogen-bond acceptors (Lipinski definition) is 6. The summed E-state index contributed by atoms with van der Waals surface area (Å²) in [6, 6.07) is 5.45. The zero-order chi connectivity index (χ0) is 22.1. The fraction of sp³-hybridized carbons (Fsp3) is 0.625. The van der Waals surface area contributed by atoms with Crippen molar-refractivity contribution in [1.29, 1.82) is 0 Å². The largest absolute Gasteiger partial charge is 0.489 e. The number of fused-ring (bicyclic) bond motifs is 1. The molecule has 32 heavy (non-hydrogen) atoms. The topological polar surface area (TPSA) is 88.2 Å². The maximum Gasteiger partial charge on any atom is 0.255 e. The van der Waals surface area contributed by atoms with E-state index in [1.807, 2.05) is 18.2 Å². The highest BCUT2D eigenvalue weighted by atomic mass is 16.5. The quantitative estimate of drug-likeness (QED) is 0.567. The second kappa shape index (κ2) is 9.19. The molecule has 0 spiro atoms. The first kappa shape index (κ1) is 21.4. The molecule has 1 aliphatic carbocycles. The van der Waals surface area contributed by atoms with Crippen molar-refractivity contribution < 1.29 is 23.9 Å². The molecule has 1 unspecified atom stereocenters. The van der Waals surface area contributed by atoms with E-state index in [4.69, 9.17) is 9.47 Å². The third-order valence-electron chi connectivity index (χ3n) is 7.21. The first-order valence-corrected chi connectivity index (χ1v) is 11.9. The zero-order valence-electron chi connectivity index (χ0n) is 18.4. The number of benzene rings is 1. The standard InChI is InChI=1S/C24H31N3O5/c28-22-9-8-20(23(29)25-22)27-15-16-14-17(6-7-18(16)24(27)30)32-21-5-3-1-2-4-19(21)26-10-12-31-13-11-26/h6-7,14,19-21H,1-5,8-13,15H2,(H,25,28,29)/t19-,20?,21-/m0/s1. The predicted octanol–water partition coefficient (Wildman–Crippen LogP) is 1.86. The molecule has 4 aliphatic rings. The van der Waals surface area contributed by atoms with Gasteiger partial charge in [0, 0.05) is 37.7 Å². The van der Waals surface area contributed by atoms with Gasteiger partial charge in [-0.1, -0.05) is 12.8 Å². The van der Waals surface area contributed by atoms with Gasteiger partial charge in [-0.25, -0.2) is 0 Å². The number of piperidine rings is 1. The molecule has 3 fully saturated rings. The van der Waals surface area contributed by atoms with Crippen LogP contribution in [0.15, 0.2) is 18.2 Å². The Bertz CT molecular complexity index is 898. The number of rotatable bonds is 4. The van der Waals surface area contributed by atoms with Crippen LogP contribution >= 0.6 is 0 Å². The smallest absolute Gasteiger partial charge is 0.255 e. The van der Waals surface area contributed by atoms with Crippen LogP contribution in [0, 0.1) is 0 Å². The van der Waals surface area contributed by atoms with Crippen molar-refractivity contribution in [1.82, 2.24) is 15.1 Å². The number of morpholine rings is 1. The van der Waals surface area contributed by atoms with Crippen molar-refractivity contribution in [2.75, 3.05) is 26.3 Å². The van der Waals surface area contributed by atoms with E-state index in [0.717, 1.165) is 56.9 Å². The highest BCUT2D eigenvalue weighted by Gasteiger charge is 2.39. The summed E-state index contributed by atoms with van der Waals surface area (Å²) in [5.41, 5.74) is 1.50. The third kappa shape index (κ3) is 4.26. The van der Waals surface area contributed by atoms with Gasteiger partial charge in [-0.15, -0.1) is 0 Å². The van der Waals surface area contributed by atoms with Crippen molar-refractivity contribution in [2.24, 2.45) is 0 Å². The molecule has 1 aromatic rings. The molecule has 1 aromatic carbocycles. The molecule has 1 saturated carbocycles. The summed E-state index contributed by atoms with van der Waals surface area (Å²) < 4.78 is 12.1. The number of ether oxygens (including phenoxy) is 2. The lowest BCUT2D eigenvalue weighted by atomic mass is 10.0. The number of nitrogens with zero attached hydrogens (tertiary/aromatic N) is 2. The van der Waals surface area contributed by atoms with Gasteiger partial charge in [0.25, 0.3) is 5.91 Å². The predicted molar refractivity (Wildman–Crippen MR) is 116 cm³/mol. The lowest BCUT2D eigenvalue weighted by molar-refractivity contribution is -0.136. The number of amides is 3. The Balaban J connectivity index is 1.31. The summed E-state index contributed by atoms with van der Waals surface area (Å²) in [5, 5.41) is 2.35. The Morgan fingerprint density at radius 1 is 1.00 bits per heavy atom. The van der Waals surface area contributed by atoms with E-state index >= 15 is 0 Å². The fourth-order valence-electron chi connectivity index (χ4n) is 5.52. The van der Waals surface area contributed by atoms with E-state index in [0.29, 0.717) is 24.6 Å². The molecule has 3 amide bonds. The van der Waals surface area contributed by atoms with Gasteiger partial charge in [-0.2, -0.15) is 0 Å². The maximum atomic E-state index is 12.9. The average Bonchev–Trinajstić information content (AvgIpc) is 2.95. The number of hydrogen-bond donors (Lipinski definition) is 1. The van der Waals surface area contributed by atoms with Gasteiger partial charge in [0.05, 0.1) is 13.2 Å². The second-order valence-electron chi connectivity index (χ2n) is 9.23. The van der Waals surface area contributed by atoms with Crippen molar-refractivity contribution in [3.8, 4) is 5.75 Å². The summed E-state index contributed by atoms with van der Waals surface area (Å²) in [4.78, 5) is 40.8. The normalized spacial score (nSPS) is 29.4. The van der Waals surface area contributed by atoms with Crippen molar-refractivity contribution in [3.05, 3.63) is 29.3 Å². The van der Waals surface area contributed by atoms with Crippen molar-refractivity contribution in [3.63, 3.8) is 0 Å². The van der Waals surface area contributed by atoms with E-state index in [-0.39, 0.29) is 30.2 Å². The van der Waals surface area contributed by atoms with Crippen LogP contribution in [0.5, 0.6) is 5.75 Å². The second-order valence-corrected chi connectivity index (χ2v) is 9.23. The molecule has 3 aliphatic heterocycles. The fourth-order valence-corrected chi connectivity index (χ4v) is 5.52. The maximum absolute atomic E-state index is 12.9. The Kier molecular flexibility index (Phi) is 6.15. The lowest BCUT2D eigenvalue weighted by Crippen LogP contribution is -2.52. The van der Waals surface area contributed by atoms with Gasteiger partial charge in [0.15, 0.2) is 0 Å². The molecule has 8 heteroatoms.